The fraction of sp³-hybridized carbons (Fsp3) is 0.368. The predicted molar refractivity (Wildman–Crippen MR) is 97.3 cm³/mol. The van der Waals surface area contributed by atoms with E-state index in [-0.39, 0.29) is 5.91 Å². The van der Waals surface area contributed by atoms with Crippen LogP contribution in [-0.2, 0) is 6.54 Å². The second-order valence-corrected chi connectivity index (χ2v) is 6.85. The average Bonchev–Trinajstić information content (AvgIpc) is 2.61. The van der Waals surface area contributed by atoms with E-state index >= 15 is 0 Å². The van der Waals surface area contributed by atoms with Gasteiger partial charge in [0.1, 0.15) is 0 Å². The minimum atomic E-state index is 0.0737. The van der Waals surface area contributed by atoms with Gasteiger partial charge < -0.3 is 10.2 Å². The Kier molecular flexibility index (Phi) is 5.36. The maximum atomic E-state index is 12.6. The van der Waals surface area contributed by atoms with Crippen LogP contribution in [-0.4, -0.2) is 28.9 Å². The molecule has 0 unspecified atom stereocenters. The first kappa shape index (κ1) is 16.8. The number of nitrogens with one attached hydrogen (secondary N) is 1. The summed E-state index contributed by atoms with van der Waals surface area (Å²) in [6.07, 6.45) is 5.54. The van der Waals surface area contributed by atoms with Crippen LogP contribution in [0.25, 0.3) is 0 Å². The predicted octanol–water partition coefficient (Wildman–Crippen LogP) is 4.22. The highest BCUT2D eigenvalue weighted by atomic mass is 35.5. The zero-order valence-corrected chi connectivity index (χ0v) is 14.6. The lowest BCUT2D eigenvalue weighted by atomic mass is 9.99. The highest BCUT2D eigenvalue weighted by Crippen LogP contribution is 2.19. The van der Waals surface area contributed by atoms with E-state index in [9.17, 15) is 4.79 Å². The second kappa shape index (κ2) is 7.67. The summed E-state index contributed by atoms with van der Waals surface area (Å²) >= 11 is 5.89. The Balaban J connectivity index is 1.63. The number of halogens is 1. The van der Waals surface area contributed by atoms with E-state index in [1.807, 2.05) is 35.2 Å². The summed E-state index contributed by atoms with van der Waals surface area (Å²) in [7, 11) is 0. The summed E-state index contributed by atoms with van der Waals surface area (Å²) in [5.74, 6) is 0.782. The molecule has 0 saturated carbocycles. The van der Waals surface area contributed by atoms with Gasteiger partial charge in [0.05, 0.1) is 11.3 Å². The van der Waals surface area contributed by atoms with Crippen LogP contribution in [0.1, 0.15) is 35.7 Å². The third-order valence-electron chi connectivity index (χ3n) is 4.47. The van der Waals surface area contributed by atoms with Gasteiger partial charge in [0.15, 0.2) is 0 Å². The normalized spacial score (nSPS) is 15.3. The van der Waals surface area contributed by atoms with Gasteiger partial charge in [-0.1, -0.05) is 30.7 Å². The Morgan fingerprint density at radius 1 is 1.25 bits per heavy atom. The van der Waals surface area contributed by atoms with E-state index in [1.165, 1.54) is 0 Å². The molecule has 2 heterocycles. The SMILES string of the molecule is CC1CCN(C(=O)c2cncc(NCc3ccc(Cl)cc3)c2)CC1. The molecule has 126 valence electrons. The molecule has 0 spiro atoms. The topological polar surface area (TPSA) is 45.2 Å². The Bertz CT molecular complexity index is 694. The van der Waals surface area contributed by atoms with Gasteiger partial charge >= 0.3 is 0 Å². The number of likely N-dealkylation sites (tertiary alicyclic amines) is 1. The lowest BCUT2D eigenvalue weighted by Gasteiger charge is -2.30. The molecule has 2 aromatic rings. The molecule has 1 aromatic heterocycles. The largest absolute Gasteiger partial charge is 0.380 e. The maximum absolute atomic E-state index is 12.6. The molecule has 3 rings (SSSR count). The summed E-state index contributed by atoms with van der Waals surface area (Å²) in [5.41, 5.74) is 2.62. The third-order valence-corrected chi connectivity index (χ3v) is 4.72. The Morgan fingerprint density at radius 3 is 2.67 bits per heavy atom. The van der Waals surface area contributed by atoms with Gasteiger partial charge in [-0.2, -0.15) is 0 Å². The lowest BCUT2D eigenvalue weighted by Crippen LogP contribution is -2.37. The van der Waals surface area contributed by atoms with Gasteiger partial charge in [0, 0.05) is 37.1 Å². The van der Waals surface area contributed by atoms with Crippen molar-refractivity contribution in [3.63, 3.8) is 0 Å². The zero-order valence-electron chi connectivity index (χ0n) is 13.8. The molecule has 4 nitrogen and oxygen atoms in total. The first-order valence-electron chi connectivity index (χ1n) is 8.34. The van der Waals surface area contributed by atoms with E-state index in [0.29, 0.717) is 18.0 Å². The molecule has 5 heteroatoms. The number of piperidine rings is 1. The molecular weight excluding hydrogens is 322 g/mol. The third kappa shape index (κ3) is 4.26. The van der Waals surface area contributed by atoms with Gasteiger partial charge in [0.2, 0.25) is 0 Å². The molecule has 1 amide bonds. The van der Waals surface area contributed by atoms with Crippen molar-refractivity contribution in [3.05, 3.63) is 58.9 Å². The van der Waals surface area contributed by atoms with Gasteiger partial charge in [-0.25, -0.2) is 0 Å². The van der Waals surface area contributed by atoms with Crippen molar-refractivity contribution in [2.75, 3.05) is 18.4 Å². The molecule has 1 aliphatic heterocycles. The van der Waals surface area contributed by atoms with E-state index in [0.717, 1.165) is 42.2 Å². The van der Waals surface area contributed by atoms with Crippen LogP contribution in [0.3, 0.4) is 0 Å². The van der Waals surface area contributed by atoms with Crippen LogP contribution in [0.5, 0.6) is 0 Å². The number of pyridine rings is 1. The minimum Gasteiger partial charge on any atom is -0.380 e. The summed E-state index contributed by atoms with van der Waals surface area (Å²) in [4.78, 5) is 18.8. The van der Waals surface area contributed by atoms with Crippen LogP contribution < -0.4 is 5.32 Å². The first-order chi connectivity index (χ1) is 11.6. The smallest absolute Gasteiger partial charge is 0.255 e. The molecular formula is C19H22ClN3O. The quantitative estimate of drug-likeness (QED) is 0.904. The van der Waals surface area contributed by atoms with E-state index < -0.39 is 0 Å². The minimum absolute atomic E-state index is 0.0737. The highest BCUT2D eigenvalue weighted by Gasteiger charge is 2.21. The molecule has 0 bridgehead atoms. The number of nitrogens with zero attached hydrogens (tertiary/aromatic N) is 2. The van der Waals surface area contributed by atoms with Gasteiger partial charge in [0.25, 0.3) is 5.91 Å². The van der Waals surface area contributed by atoms with Gasteiger partial charge in [-0.3, -0.25) is 9.78 Å². The first-order valence-corrected chi connectivity index (χ1v) is 8.72. The number of benzene rings is 1. The van der Waals surface area contributed by atoms with Crippen molar-refractivity contribution in [1.82, 2.24) is 9.88 Å². The summed E-state index contributed by atoms with van der Waals surface area (Å²) < 4.78 is 0. The number of carbonyl (C=O) groups is 1. The summed E-state index contributed by atoms with van der Waals surface area (Å²) in [6.45, 7) is 4.58. The fourth-order valence-electron chi connectivity index (χ4n) is 2.85. The van der Waals surface area contributed by atoms with Crippen LogP contribution in [0.15, 0.2) is 42.7 Å². The van der Waals surface area contributed by atoms with Crippen molar-refractivity contribution in [2.24, 2.45) is 5.92 Å². The van der Waals surface area contributed by atoms with Gasteiger partial charge in [-0.15, -0.1) is 0 Å². The molecule has 0 aliphatic carbocycles. The number of aromatic nitrogens is 1. The van der Waals surface area contributed by atoms with E-state index in [2.05, 4.69) is 17.2 Å². The maximum Gasteiger partial charge on any atom is 0.255 e. The molecule has 1 aromatic carbocycles. The molecule has 1 fully saturated rings. The molecule has 1 saturated heterocycles. The van der Waals surface area contributed by atoms with Crippen molar-refractivity contribution in [3.8, 4) is 0 Å². The van der Waals surface area contributed by atoms with Crippen molar-refractivity contribution >= 4 is 23.2 Å². The monoisotopic (exact) mass is 343 g/mol. The number of rotatable bonds is 4. The molecule has 1 N–H and O–H groups in total. The van der Waals surface area contributed by atoms with Crippen LogP contribution in [0.2, 0.25) is 5.02 Å². The Morgan fingerprint density at radius 2 is 1.96 bits per heavy atom. The number of hydrogen-bond donors (Lipinski definition) is 1. The molecule has 24 heavy (non-hydrogen) atoms. The second-order valence-electron chi connectivity index (χ2n) is 6.42. The standard InChI is InChI=1S/C19H22ClN3O/c1-14-6-8-23(9-7-14)19(24)16-10-18(13-21-12-16)22-11-15-2-4-17(20)5-3-15/h2-5,10,12-14,22H,6-9,11H2,1H3. The van der Waals surface area contributed by atoms with Gasteiger partial charge in [-0.05, 0) is 42.5 Å². The molecule has 1 aliphatic rings. The Labute approximate surface area is 147 Å². The number of carbonyl (C=O) groups excluding carboxylic acids is 1. The number of anilines is 1. The highest BCUT2D eigenvalue weighted by molar-refractivity contribution is 6.30. The fourth-order valence-corrected chi connectivity index (χ4v) is 2.98. The summed E-state index contributed by atoms with van der Waals surface area (Å²) in [6, 6.07) is 9.57. The van der Waals surface area contributed by atoms with E-state index in [4.69, 9.17) is 11.6 Å². The van der Waals surface area contributed by atoms with Crippen LogP contribution in [0, 0.1) is 5.92 Å². The molecule has 0 atom stereocenters. The molecule has 0 radical (unpaired) electrons. The average molecular weight is 344 g/mol. The van der Waals surface area contributed by atoms with Crippen molar-refractivity contribution in [2.45, 2.75) is 26.3 Å². The number of amides is 1. The van der Waals surface area contributed by atoms with Crippen LogP contribution in [0.4, 0.5) is 5.69 Å². The lowest BCUT2D eigenvalue weighted by molar-refractivity contribution is 0.0697. The van der Waals surface area contributed by atoms with Crippen molar-refractivity contribution in [1.29, 1.82) is 0 Å². The Hall–Kier alpha value is -2.07. The zero-order chi connectivity index (χ0) is 16.9. The van der Waals surface area contributed by atoms with Crippen molar-refractivity contribution < 1.29 is 4.79 Å². The van der Waals surface area contributed by atoms with E-state index in [1.54, 1.807) is 12.4 Å². The number of hydrogen-bond acceptors (Lipinski definition) is 3. The summed E-state index contributed by atoms with van der Waals surface area (Å²) in [5, 5.41) is 4.04. The van der Waals surface area contributed by atoms with Crippen LogP contribution >= 0.6 is 11.6 Å².